The molecule has 3 N–H and O–H groups in total. The fraction of sp³-hybridized carbons (Fsp3) is 0.500. The van der Waals surface area contributed by atoms with Crippen LogP contribution in [-0.4, -0.2) is 29.6 Å². The van der Waals surface area contributed by atoms with Crippen LogP contribution < -0.4 is 10.0 Å². The van der Waals surface area contributed by atoms with E-state index in [0.717, 1.165) is 17.7 Å². The summed E-state index contributed by atoms with van der Waals surface area (Å²) in [5.74, 6) is 0. The van der Waals surface area contributed by atoms with E-state index in [1.807, 2.05) is 6.92 Å². The molecule has 3 rings (SSSR count). The minimum Gasteiger partial charge on any atom is -0.308 e. The summed E-state index contributed by atoms with van der Waals surface area (Å²) in [5.41, 5.74) is 1.04. The van der Waals surface area contributed by atoms with Gasteiger partial charge < -0.3 is 5.32 Å². The maximum absolute atomic E-state index is 12.5. The number of nitrogens with one attached hydrogen (secondary N) is 3. The van der Waals surface area contributed by atoms with E-state index in [1.54, 1.807) is 13.1 Å². The molecule has 2 aromatic rings. The third kappa shape index (κ3) is 3.25. The second-order valence-corrected chi connectivity index (χ2v) is 8.02. The highest BCUT2D eigenvalue weighted by Gasteiger charge is 2.27. The third-order valence-corrected chi connectivity index (χ3v) is 5.71. The average molecular weight is 327 g/mol. The van der Waals surface area contributed by atoms with Gasteiger partial charge in [-0.1, -0.05) is 0 Å². The van der Waals surface area contributed by atoms with E-state index in [4.69, 9.17) is 0 Å². The first-order valence-electron chi connectivity index (χ1n) is 6.68. The fourth-order valence-electron chi connectivity index (χ4n) is 2.04. The lowest BCUT2D eigenvalue weighted by atomic mass is 10.3. The van der Waals surface area contributed by atoms with Crippen molar-refractivity contribution in [3.63, 3.8) is 0 Å². The van der Waals surface area contributed by atoms with Crippen molar-refractivity contribution >= 4 is 26.5 Å². The molecule has 21 heavy (non-hydrogen) atoms. The lowest BCUT2D eigenvalue weighted by Gasteiger charge is -2.07. The monoisotopic (exact) mass is 327 g/mol. The lowest BCUT2D eigenvalue weighted by molar-refractivity contribution is 0.596. The molecule has 0 aromatic carbocycles. The molecular formula is C12H17N5O2S2. The molecule has 0 radical (unpaired) electrons. The van der Waals surface area contributed by atoms with Gasteiger partial charge in [0.2, 0.25) is 0 Å². The van der Waals surface area contributed by atoms with Gasteiger partial charge in [-0.3, -0.25) is 9.82 Å². The lowest BCUT2D eigenvalue weighted by Crippen LogP contribution is -2.20. The number of sulfonamides is 1. The summed E-state index contributed by atoms with van der Waals surface area (Å²) in [5, 5.41) is 10.5. The van der Waals surface area contributed by atoms with Crippen molar-refractivity contribution in [1.82, 2.24) is 20.5 Å². The quantitative estimate of drug-likeness (QED) is 0.747. The highest BCUT2D eigenvalue weighted by atomic mass is 32.2. The highest BCUT2D eigenvalue weighted by Crippen LogP contribution is 2.25. The van der Waals surface area contributed by atoms with E-state index in [9.17, 15) is 8.42 Å². The summed E-state index contributed by atoms with van der Waals surface area (Å²) in [4.78, 5) is 5.20. The van der Waals surface area contributed by atoms with E-state index >= 15 is 0 Å². The largest absolute Gasteiger partial charge is 0.308 e. The van der Waals surface area contributed by atoms with Gasteiger partial charge in [0, 0.05) is 23.7 Å². The highest BCUT2D eigenvalue weighted by molar-refractivity contribution is 7.93. The molecule has 1 saturated carbocycles. The number of hydrogen-bond acceptors (Lipinski definition) is 6. The Balaban J connectivity index is 1.84. The van der Waals surface area contributed by atoms with Gasteiger partial charge in [-0.2, -0.15) is 5.10 Å². The summed E-state index contributed by atoms with van der Waals surface area (Å²) in [6, 6.07) is 0.493. The molecule has 0 unspecified atom stereocenters. The smallest absolute Gasteiger partial charge is 0.267 e. The molecule has 2 aromatic heterocycles. The van der Waals surface area contributed by atoms with Gasteiger partial charge in [-0.25, -0.2) is 13.4 Å². The molecule has 7 nitrogen and oxygen atoms in total. The number of aromatic amines is 1. The third-order valence-electron chi connectivity index (χ3n) is 3.21. The predicted molar refractivity (Wildman–Crippen MR) is 80.8 cm³/mol. The molecule has 0 atom stereocenters. The Kier molecular flexibility index (Phi) is 3.72. The number of hydrogen-bond donors (Lipinski definition) is 3. The normalized spacial score (nSPS) is 15.3. The summed E-state index contributed by atoms with van der Waals surface area (Å²) >= 11 is 1.30. The van der Waals surface area contributed by atoms with Crippen LogP contribution in [0.5, 0.6) is 0 Å². The average Bonchev–Trinajstić information content (AvgIpc) is 3.04. The molecule has 0 aliphatic heterocycles. The second kappa shape index (κ2) is 5.39. The Morgan fingerprint density at radius 1 is 1.43 bits per heavy atom. The van der Waals surface area contributed by atoms with Gasteiger partial charge in [0.05, 0.1) is 11.4 Å². The predicted octanol–water partition coefficient (Wildman–Crippen LogP) is 1.54. The molecule has 114 valence electrons. The Hall–Kier alpha value is -1.45. The van der Waals surface area contributed by atoms with Crippen molar-refractivity contribution in [2.24, 2.45) is 0 Å². The van der Waals surface area contributed by atoms with Gasteiger partial charge in [0.1, 0.15) is 4.90 Å². The molecule has 1 fully saturated rings. The zero-order valence-corrected chi connectivity index (χ0v) is 13.4. The topological polar surface area (TPSA) is 99.8 Å². The zero-order chi connectivity index (χ0) is 15.0. The van der Waals surface area contributed by atoms with Crippen LogP contribution in [0.3, 0.4) is 0 Å². The van der Waals surface area contributed by atoms with E-state index in [1.165, 1.54) is 11.3 Å². The first-order valence-corrected chi connectivity index (χ1v) is 8.98. The zero-order valence-electron chi connectivity index (χ0n) is 11.8. The Morgan fingerprint density at radius 3 is 2.81 bits per heavy atom. The minimum atomic E-state index is -3.68. The van der Waals surface area contributed by atoms with Crippen molar-refractivity contribution in [3.05, 3.63) is 22.5 Å². The number of aromatic nitrogens is 3. The molecule has 2 heterocycles. The summed E-state index contributed by atoms with van der Waals surface area (Å²) in [6.07, 6.45) is 3.92. The molecule has 1 aliphatic rings. The molecule has 0 amide bonds. The van der Waals surface area contributed by atoms with Crippen molar-refractivity contribution in [2.75, 3.05) is 4.72 Å². The van der Waals surface area contributed by atoms with Crippen molar-refractivity contribution in [1.29, 1.82) is 0 Å². The number of nitrogens with zero attached hydrogens (tertiary/aromatic N) is 2. The minimum absolute atomic E-state index is 0.212. The van der Waals surface area contributed by atoms with Crippen LogP contribution in [0, 0.1) is 13.8 Å². The molecule has 0 spiro atoms. The Labute approximate surface area is 127 Å². The van der Waals surface area contributed by atoms with Crippen LogP contribution in [0.25, 0.3) is 0 Å². The SMILES string of the molecule is Cc1cnc(NS(=O)(=O)c2c(CNC3CC3)n[nH]c2C)s1. The summed E-state index contributed by atoms with van der Waals surface area (Å²) in [7, 11) is -3.68. The van der Waals surface area contributed by atoms with Crippen LogP contribution in [0.4, 0.5) is 5.13 Å². The number of thiazole rings is 1. The number of rotatable bonds is 6. The first kappa shape index (κ1) is 14.5. The van der Waals surface area contributed by atoms with Gasteiger partial charge >= 0.3 is 0 Å². The number of H-pyrrole nitrogens is 1. The van der Waals surface area contributed by atoms with E-state index < -0.39 is 10.0 Å². The molecule has 1 aliphatic carbocycles. The van der Waals surface area contributed by atoms with Crippen LogP contribution in [0.2, 0.25) is 0 Å². The van der Waals surface area contributed by atoms with E-state index in [-0.39, 0.29) is 4.90 Å². The summed E-state index contributed by atoms with van der Waals surface area (Å²) < 4.78 is 27.6. The maximum atomic E-state index is 12.5. The van der Waals surface area contributed by atoms with E-state index in [2.05, 4.69) is 25.2 Å². The second-order valence-electron chi connectivity index (χ2n) is 5.16. The number of aryl methyl sites for hydroxylation is 2. The van der Waals surface area contributed by atoms with Crippen LogP contribution in [0.15, 0.2) is 11.1 Å². The van der Waals surface area contributed by atoms with Crippen LogP contribution in [-0.2, 0) is 16.6 Å². The van der Waals surface area contributed by atoms with E-state index in [0.29, 0.717) is 29.1 Å². The van der Waals surface area contributed by atoms with Crippen LogP contribution in [0.1, 0.15) is 29.1 Å². The first-order chi connectivity index (χ1) is 9.95. The molecule has 0 bridgehead atoms. The van der Waals surface area contributed by atoms with Crippen molar-refractivity contribution in [3.8, 4) is 0 Å². The Morgan fingerprint density at radius 2 is 2.19 bits per heavy atom. The van der Waals surface area contributed by atoms with Gasteiger partial charge in [-0.15, -0.1) is 11.3 Å². The Bertz CT molecular complexity index is 746. The van der Waals surface area contributed by atoms with Crippen molar-refractivity contribution < 1.29 is 8.42 Å². The van der Waals surface area contributed by atoms with Gasteiger partial charge in [0.15, 0.2) is 5.13 Å². The molecule has 0 saturated heterocycles. The maximum Gasteiger partial charge on any atom is 0.267 e. The standard InChI is InChI=1S/C12H17N5O2S2/c1-7-5-14-12(20-7)17-21(18,19)11-8(2)15-16-10(11)6-13-9-3-4-9/h5,9,13H,3-4,6H2,1-2H3,(H,14,17)(H,15,16). The van der Waals surface area contributed by atoms with Gasteiger partial charge in [0.25, 0.3) is 10.0 Å². The van der Waals surface area contributed by atoms with Crippen molar-refractivity contribution in [2.45, 2.75) is 44.2 Å². The van der Waals surface area contributed by atoms with Crippen LogP contribution >= 0.6 is 11.3 Å². The van der Waals surface area contributed by atoms with Gasteiger partial charge in [-0.05, 0) is 26.7 Å². The fourth-order valence-corrected chi connectivity index (χ4v) is 4.32. The summed E-state index contributed by atoms with van der Waals surface area (Å²) in [6.45, 7) is 4.03. The molecule has 9 heteroatoms. The number of anilines is 1. The molecular weight excluding hydrogens is 310 g/mol.